The maximum atomic E-state index is 12.4. The molecule has 0 saturated carbocycles. The molecule has 0 aromatic heterocycles. The number of thioether (sulfide) groups is 2. The predicted molar refractivity (Wildman–Crippen MR) is 159 cm³/mol. The Balaban J connectivity index is 2.53. The molecule has 1 aromatic carbocycles. The second kappa shape index (κ2) is 17.3. The molecule has 1 aromatic rings. The molecule has 0 atom stereocenters. The minimum absolute atomic E-state index is 0.203. The predicted octanol–water partition coefficient (Wildman–Crippen LogP) is 5.60. The quantitative estimate of drug-likeness (QED) is 0.103. The van der Waals surface area contributed by atoms with Crippen molar-refractivity contribution in [3.8, 4) is 0 Å². The van der Waals surface area contributed by atoms with E-state index in [-0.39, 0.29) is 12.6 Å². The lowest BCUT2D eigenvalue weighted by Crippen LogP contribution is -2.41. The lowest BCUT2D eigenvalue weighted by molar-refractivity contribution is -0.139. The molecular formula is C29H43NO7S2. The Labute approximate surface area is 241 Å². The summed E-state index contributed by atoms with van der Waals surface area (Å²) < 4.78 is 21.3. The van der Waals surface area contributed by atoms with Gasteiger partial charge < -0.3 is 24.3 Å². The van der Waals surface area contributed by atoms with Crippen molar-refractivity contribution < 1.29 is 33.3 Å². The monoisotopic (exact) mass is 581 g/mol. The summed E-state index contributed by atoms with van der Waals surface area (Å²) in [5.74, 6) is 1.38. The van der Waals surface area contributed by atoms with Crippen LogP contribution < -0.4 is 5.32 Å². The fourth-order valence-corrected chi connectivity index (χ4v) is 4.67. The van der Waals surface area contributed by atoms with E-state index in [0.29, 0.717) is 54.0 Å². The molecule has 0 aliphatic heterocycles. The van der Waals surface area contributed by atoms with Gasteiger partial charge in [0.25, 0.3) is 0 Å². The first-order chi connectivity index (χ1) is 18.3. The summed E-state index contributed by atoms with van der Waals surface area (Å²) in [4.78, 5) is 35.7. The minimum Gasteiger partial charge on any atom is -0.463 e. The van der Waals surface area contributed by atoms with Gasteiger partial charge in [-0.25, -0.2) is 14.4 Å². The van der Waals surface area contributed by atoms with Crippen LogP contribution in [-0.4, -0.2) is 67.5 Å². The van der Waals surface area contributed by atoms with Crippen molar-refractivity contribution >= 4 is 41.6 Å². The van der Waals surface area contributed by atoms with Crippen molar-refractivity contribution in [2.75, 3.05) is 49.4 Å². The summed E-state index contributed by atoms with van der Waals surface area (Å²) in [6.07, 6.45) is -0.521. The molecule has 0 radical (unpaired) electrons. The number of hydrogen-bond donors (Lipinski definition) is 1. The summed E-state index contributed by atoms with van der Waals surface area (Å²) in [7, 11) is 0. The van der Waals surface area contributed by atoms with E-state index in [4.69, 9.17) is 18.9 Å². The van der Waals surface area contributed by atoms with E-state index in [1.165, 1.54) is 11.8 Å². The van der Waals surface area contributed by atoms with E-state index in [1.807, 2.05) is 52.0 Å². The average Bonchev–Trinajstić information content (AvgIpc) is 2.88. The highest BCUT2D eigenvalue weighted by atomic mass is 32.2. The van der Waals surface area contributed by atoms with Crippen LogP contribution in [0.2, 0.25) is 0 Å². The van der Waals surface area contributed by atoms with Crippen molar-refractivity contribution in [1.82, 2.24) is 5.32 Å². The number of amides is 1. The van der Waals surface area contributed by atoms with E-state index in [1.54, 1.807) is 25.6 Å². The van der Waals surface area contributed by atoms with Crippen LogP contribution in [0.15, 0.2) is 48.6 Å². The van der Waals surface area contributed by atoms with E-state index < -0.39 is 23.2 Å². The Kier molecular flexibility index (Phi) is 15.3. The molecule has 0 spiro atoms. The van der Waals surface area contributed by atoms with Gasteiger partial charge in [0.15, 0.2) is 0 Å². The van der Waals surface area contributed by atoms with Gasteiger partial charge in [0.2, 0.25) is 0 Å². The van der Waals surface area contributed by atoms with Gasteiger partial charge in [-0.05, 0) is 52.7 Å². The molecule has 1 rings (SSSR count). The zero-order chi connectivity index (χ0) is 29.5. The first-order valence-corrected chi connectivity index (χ1v) is 15.2. The molecule has 0 aliphatic rings. The lowest BCUT2D eigenvalue weighted by Gasteiger charge is -2.30. The van der Waals surface area contributed by atoms with Gasteiger partial charge in [0.1, 0.15) is 6.61 Å². The second-order valence-corrected chi connectivity index (χ2v) is 11.8. The third-order valence-corrected chi connectivity index (χ3v) is 7.54. The number of hydrogen-bond acceptors (Lipinski definition) is 9. The first kappa shape index (κ1) is 34.6. The second-order valence-electron chi connectivity index (χ2n) is 9.58. The Morgan fingerprint density at radius 2 is 1.33 bits per heavy atom. The molecule has 10 heteroatoms. The van der Waals surface area contributed by atoms with Gasteiger partial charge in [-0.1, -0.05) is 37.4 Å². The third kappa shape index (κ3) is 13.0. The lowest BCUT2D eigenvalue weighted by atomic mass is 9.89. The highest BCUT2D eigenvalue weighted by molar-refractivity contribution is 7.99. The fraction of sp³-hybridized carbons (Fsp3) is 0.552. The maximum Gasteiger partial charge on any atom is 0.407 e. The molecule has 0 bridgehead atoms. The summed E-state index contributed by atoms with van der Waals surface area (Å²) in [5.41, 5.74) is 1.48. The minimum atomic E-state index is -0.683. The number of nitrogens with one attached hydrogen (secondary N) is 1. The van der Waals surface area contributed by atoms with Crippen LogP contribution in [0.4, 0.5) is 4.79 Å². The van der Waals surface area contributed by atoms with Crippen LogP contribution in [0.5, 0.6) is 0 Å². The van der Waals surface area contributed by atoms with Crippen molar-refractivity contribution in [3.05, 3.63) is 59.7 Å². The van der Waals surface area contributed by atoms with E-state index in [9.17, 15) is 14.4 Å². The van der Waals surface area contributed by atoms with Crippen LogP contribution in [0.25, 0.3) is 0 Å². The van der Waals surface area contributed by atoms with E-state index >= 15 is 0 Å². The molecule has 39 heavy (non-hydrogen) atoms. The molecule has 0 saturated heterocycles. The average molecular weight is 582 g/mol. The number of carbonyl (C=O) groups excluding carboxylic acids is 3. The fourth-order valence-electron chi connectivity index (χ4n) is 3.25. The number of benzene rings is 1. The molecule has 0 fully saturated rings. The molecule has 218 valence electrons. The normalized spacial score (nSPS) is 11.4. The highest BCUT2D eigenvalue weighted by Gasteiger charge is 2.27. The Bertz CT molecular complexity index is 992. The SMILES string of the molecule is C=C(CSCCOC(=O)NC(C)(C)c1cccc(C(C)(C)OCCSCC(=C)C(=O)OCC)c1)C(=O)OCC. The molecule has 1 amide bonds. The number of ether oxygens (including phenoxy) is 4. The van der Waals surface area contributed by atoms with Crippen molar-refractivity contribution in [1.29, 1.82) is 0 Å². The number of rotatable bonds is 18. The van der Waals surface area contributed by atoms with Gasteiger partial charge in [0, 0.05) is 34.2 Å². The van der Waals surface area contributed by atoms with Crippen molar-refractivity contribution in [3.63, 3.8) is 0 Å². The highest BCUT2D eigenvalue weighted by Crippen LogP contribution is 2.29. The Morgan fingerprint density at radius 1 is 0.821 bits per heavy atom. The molecular weight excluding hydrogens is 538 g/mol. The van der Waals surface area contributed by atoms with E-state index in [2.05, 4.69) is 18.5 Å². The molecule has 1 N–H and O–H groups in total. The van der Waals surface area contributed by atoms with Gasteiger partial charge in [-0.3, -0.25) is 0 Å². The van der Waals surface area contributed by atoms with Gasteiger partial charge >= 0.3 is 18.0 Å². The Hall–Kier alpha value is -2.43. The van der Waals surface area contributed by atoms with Crippen LogP contribution in [0.1, 0.15) is 52.7 Å². The molecule has 0 unspecified atom stereocenters. The third-order valence-electron chi connectivity index (χ3n) is 5.53. The summed E-state index contributed by atoms with van der Waals surface area (Å²) in [5, 5.41) is 2.92. The summed E-state index contributed by atoms with van der Waals surface area (Å²) in [6, 6.07) is 7.91. The Morgan fingerprint density at radius 3 is 1.87 bits per heavy atom. The molecule has 0 aliphatic carbocycles. The van der Waals surface area contributed by atoms with E-state index in [0.717, 1.165) is 11.1 Å². The van der Waals surface area contributed by atoms with Crippen LogP contribution >= 0.6 is 23.5 Å². The molecule has 8 nitrogen and oxygen atoms in total. The number of carbonyl (C=O) groups is 3. The number of esters is 2. The zero-order valence-electron chi connectivity index (χ0n) is 24.1. The van der Waals surface area contributed by atoms with Crippen LogP contribution in [0, 0.1) is 0 Å². The zero-order valence-corrected chi connectivity index (χ0v) is 25.7. The van der Waals surface area contributed by atoms with Crippen LogP contribution in [-0.2, 0) is 39.7 Å². The van der Waals surface area contributed by atoms with Gasteiger partial charge in [-0.2, -0.15) is 23.5 Å². The molecule has 0 heterocycles. The smallest absolute Gasteiger partial charge is 0.407 e. The summed E-state index contributed by atoms with van der Waals surface area (Å²) in [6.45, 7) is 20.1. The summed E-state index contributed by atoms with van der Waals surface area (Å²) >= 11 is 3.01. The van der Waals surface area contributed by atoms with Gasteiger partial charge in [0.05, 0.1) is 31.0 Å². The largest absolute Gasteiger partial charge is 0.463 e. The van der Waals surface area contributed by atoms with Crippen molar-refractivity contribution in [2.45, 2.75) is 52.7 Å². The van der Waals surface area contributed by atoms with Gasteiger partial charge in [-0.15, -0.1) is 0 Å². The first-order valence-electron chi connectivity index (χ1n) is 12.9. The van der Waals surface area contributed by atoms with Crippen LogP contribution in [0.3, 0.4) is 0 Å². The van der Waals surface area contributed by atoms with Crippen molar-refractivity contribution in [2.24, 2.45) is 0 Å². The number of alkyl carbamates (subject to hydrolysis) is 1. The maximum absolute atomic E-state index is 12.4. The standard InChI is InChI=1S/C29H43NO7S2/c1-9-34-25(31)21(3)19-38-16-14-36-27(33)30-28(5,6)23-12-11-13-24(18-23)29(7,8)37-15-17-39-20-22(4)26(32)35-10-2/h11-13,18H,3-4,9-10,14-17,19-20H2,1-2,5-8H3,(H,30,33). The topological polar surface area (TPSA) is 100 Å².